The van der Waals surface area contributed by atoms with Crippen LogP contribution in [0.25, 0.3) is 0 Å². The van der Waals surface area contributed by atoms with Gasteiger partial charge in [0, 0.05) is 31.8 Å². The van der Waals surface area contributed by atoms with Crippen molar-refractivity contribution >= 4 is 0 Å². The van der Waals surface area contributed by atoms with Crippen LogP contribution in [0, 0.1) is 0 Å². The number of hydrogen-bond donors (Lipinski definition) is 1. The second kappa shape index (κ2) is 5.32. The maximum absolute atomic E-state index is 9.72. The zero-order chi connectivity index (χ0) is 11.4. The molecule has 3 nitrogen and oxygen atoms in total. The predicted molar refractivity (Wildman–Crippen MR) is 63.4 cm³/mol. The molecule has 1 atom stereocenters. The van der Waals surface area contributed by atoms with Gasteiger partial charge in [-0.1, -0.05) is 18.2 Å². The molecule has 1 aromatic carbocycles. The van der Waals surface area contributed by atoms with Crippen LogP contribution in [0.5, 0.6) is 5.75 Å². The van der Waals surface area contributed by atoms with E-state index in [0.717, 1.165) is 38.2 Å². The van der Waals surface area contributed by atoms with Gasteiger partial charge in [0.05, 0.1) is 6.10 Å². The fourth-order valence-electron chi connectivity index (χ4n) is 2.11. The van der Waals surface area contributed by atoms with Crippen LogP contribution in [0.3, 0.4) is 0 Å². The van der Waals surface area contributed by atoms with Gasteiger partial charge in [0.1, 0.15) is 5.75 Å². The molecule has 0 spiro atoms. The molecule has 1 fully saturated rings. The molecule has 1 aliphatic heterocycles. The second-order valence-corrected chi connectivity index (χ2v) is 4.40. The highest BCUT2D eigenvalue weighted by Gasteiger charge is 2.15. The monoisotopic (exact) mass is 221 g/mol. The van der Waals surface area contributed by atoms with E-state index in [9.17, 15) is 5.11 Å². The van der Waals surface area contributed by atoms with Crippen LogP contribution in [0.2, 0.25) is 0 Å². The summed E-state index contributed by atoms with van der Waals surface area (Å²) in [7, 11) is 0. The van der Waals surface area contributed by atoms with Gasteiger partial charge in [-0.25, -0.2) is 0 Å². The summed E-state index contributed by atoms with van der Waals surface area (Å²) >= 11 is 0. The maximum atomic E-state index is 9.72. The number of phenolic OH excluding ortho intramolecular Hbond substituents is 1. The van der Waals surface area contributed by atoms with Crippen LogP contribution in [-0.2, 0) is 11.3 Å². The Hall–Kier alpha value is -1.06. The van der Waals surface area contributed by atoms with E-state index in [1.807, 2.05) is 18.2 Å². The minimum atomic E-state index is 0.286. The van der Waals surface area contributed by atoms with Crippen LogP contribution in [0.1, 0.15) is 18.9 Å². The summed E-state index contributed by atoms with van der Waals surface area (Å²) < 4.78 is 5.60. The fourth-order valence-corrected chi connectivity index (χ4v) is 2.11. The molecular formula is C13H19NO2. The number of phenols is 1. The van der Waals surface area contributed by atoms with Gasteiger partial charge in [-0.15, -0.1) is 0 Å². The van der Waals surface area contributed by atoms with Crippen molar-refractivity contribution in [1.82, 2.24) is 4.90 Å². The lowest BCUT2D eigenvalue weighted by molar-refractivity contribution is 0.0667. The van der Waals surface area contributed by atoms with Crippen LogP contribution in [0.4, 0.5) is 0 Å². The highest BCUT2D eigenvalue weighted by atomic mass is 16.5. The van der Waals surface area contributed by atoms with Crippen molar-refractivity contribution in [2.75, 3.05) is 19.7 Å². The van der Waals surface area contributed by atoms with Gasteiger partial charge in [-0.3, -0.25) is 4.90 Å². The molecule has 3 heteroatoms. The number of nitrogens with zero attached hydrogens (tertiary/aromatic N) is 1. The Morgan fingerprint density at radius 1 is 1.44 bits per heavy atom. The highest BCUT2D eigenvalue weighted by Crippen LogP contribution is 2.19. The molecule has 16 heavy (non-hydrogen) atoms. The molecule has 1 heterocycles. The minimum Gasteiger partial charge on any atom is -0.508 e. The molecule has 2 rings (SSSR count). The molecule has 0 aromatic heterocycles. The van der Waals surface area contributed by atoms with Crippen LogP contribution >= 0.6 is 0 Å². The average molecular weight is 221 g/mol. The molecular weight excluding hydrogens is 202 g/mol. The van der Waals surface area contributed by atoms with Crippen molar-refractivity contribution in [2.24, 2.45) is 0 Å². The Bertz CT molecular complexity index is 340. The van der Waals surface area contributed by atoms with Crippen molar-refractivity contribution in [3.63, 3.8) is 0 Å². The van der Waals surface area contributed by atoms with E-state index in [-0.39, 0.29) is 6.10 Å². The van der Waals surface area contributed by atoms with E-state index >= 15 is 0 Å². The van der Waals surface area contributed by atoms with Gasteiger partial charge in [-0.05, 0) is 19.4 Å². The molecule has 1 aliphatic rings. The van der Waals surface area contributed by atoms with E-state index < -0.39 is 0 Å². The lowest BCUT2D eigenvalue weighted by Crippen LogP contribution is -2.29. The third kappa shape index (κ3) is 2.97. The summed E-state index contributed by atoms with van der Waals surface area (Å²) in [5, 5.41) is 9.72. The first-order valence-electron chi connectivity index (χ1n) is 5.86. The van der Waals surface area contributed by atoms with Crippen molar-refractivity contribution < 1.29 is 9.84 Å². The van der Waals surface area contributed by atoms with Crippen molar-refractivity contribution in [3.8, 4) is 5.75 Å². The summed E-state index contributed by atoms with van der Waals surface area (Å²) in [4.78, 5) is 2.34. The van der Waals surface area contributed by atoms with E-state index in [1.165, 1.54) is 0 Å². The molecule has 1 unspecified atom stereocenters. The molecule has 1 saturated heterocycles. The third-order valence-corrected chi connectivity index (χ3v) is 2.92. The summed E-state index contributed by atoms with van der Waals surface area (Å²) in [6, 6.07) is 7.54. The van der Waals surface area contributed by atoms with Gasteiger partial charge in [0.25, 0.3) is 0 Å². The minimum absolute atomic E-state index is 0.286. The van der Waals surface area contributed by atoms with Crippen LogP contribution in [-0.4, -0.2) is 35.8 Å². The predicted octanol–water partition coefficient (Wildman–Crippen LogP) is 2.00. The quantitative estimate of drug-likeness (QED) is 0.829. The largest absolute Gasteiger partial charge is 0.508 e. The van der Waals surface area contributed by atoms with Gasteiger partial charge in [0.15, 0.2) is 0 Å². The highest BCUT2D eigenvalue weighted by molar-refractivity contribution is 5.31. The SMILES string of the molecule is CC1CN(Cc2ccccc2O)CCCO1. The van der Waals surface area contributed by atoms with E-state index in [1.54, 1.807) is 6.07 Å². The Labute approximate surface area is 96.6 Å². The van der Waals surface area contributed by atoms with Crippen LogP contribution < -0.4 is 0 Å². The lowest BCUT2D eigenvalue weighted by Gasteiger charge is -2.22. The molecule has 0 bridgehead atoms. The van der Waals surface area contributed by atoms with Gasteiger partial charge >= 0.3 is 0 Å². The van der Waals surface area contributed by atoms with E-state index in [2.05, 4.69) is 11.8 Å². The number of hydrogen-bond acceptors (Lipinski definition) is 3. The van der Waals surface area contributed by atoms with Gasteiger partial charge < -0.3 is 9.84 Å². The number of rotatable bonds is 2. The Morgan fingerprint density at radius 3 is 3.06 bits per heavy atom. The summed E-state index contributed by atoms with van der Waals surface area (Å²) in [5.41, 5.74) is 0.997. The van der Waals surface area contributed by atoms with Crippen molar-refractivity contribution in [3.05, 3.63) is 29.8 Å². The van der Waals surface area contributed by atoms with Gasteiger partial charge in [-0.2, -0.15) is 0 Å². The molecule has 1 N–H and O–H groups in total. The third-order valence-electron chi connectivity index (χ3n) is 2.92. The molecule has 0 saturated carbocycles. The standard InChI is InChI=1S/C13H19NO2/c1-11-9-14(7-4-8-16-11)10-12-5-2-3-6-13(12)15/h2-3,5-6,11,15H,4,7-10H2,1H3. The summed E-state index contributed by atoms with van der Waals surface area (Å²) in [5.74, 6) is 0.389. The van der Waals surface area contributed by atoms with E-state index in [0.29, 0.717) is 5.75 Å². The van der Waals surface area contributed by atoms with Crippen LogP contribution in [0.15, 0.2) is 24.3 Å². The smallest absolute Gasteiger partial charge is 0.120 e. The zero-order valence-corrected chi connectivity index (χ0v) is 9.72. The number of para-hydroxylation sites is 1. The zero-order valence-electron chi connectivity index (χ0n) is 9.72. The van der Waals surface area contributed by atoms with Gasteiger partial charge in [0.2, 0.25) is 0 Å². The molecule has 0 aliphatic carbocycles. The topological polar surface area (TPSA) is 32.7 Å². The van der Waals surface area contributed by atoms with E-state index in [4.69, 9.17) is 4.74 Å². The van der Waals surface area contributed by atoms with Crippen molar-refractivity contribution in [2.45, 2.75) is 26.0 Å². The normalized spacial score (nSPS) is 22.9. The first-order valence-corrected chi connectivity index (χ1v) is 5.86. The first kappa shape index (κ1) is 11.4. The Morgan fingerprint density at radius 2 is 2.25 bits per heavy atom. The summed E-state index contributed by atoms with van der Waals surface area (Å²) in [6.07, 6.45) is 1.35. The summed E-state index contributed by atoms with van der Waals surface area (Å²) in [6.45, 7) is 5.73. The fraction of sp³-hybridized carbons (Fsp3) is 0.538. The lowest BCUT2D eigenvalue weighted by atomic mass is 10.2. The average Bonchev–Trinajstić information content (AvgIpc) is 2.46. The Kier molecular flexibility index (Phi) is 3.80. The first-order chi connectivity index (χ1) is 7.75. The molecule has 0 radical (unpaired) electrons. The Balaban J connectivity index is 2.00. The number of ether oxygens (including phenoxy) is 1. The number of benzene rings is 1. The number of aromatic hydroxyl groups is 1. The molecule has 1 aromatic rings. The maximum Gasteiger partial charge on any atom is 0.120 e. The second-order valence-electron chi connectivity index (χ2n) is 4.40. The van der Waals surface area contributed by atoms with Crippen molar-refractivity contribution in [1.29, 1.82) is 0 Å². The molecule has 0 amide bonds. The molecule has 88 valence electrons.